The third kappa shape index (κ3) is 5.98. The van der Waals surface area contributed by atoms with Gasteiger partial charge in [0, 0.05) is 0 Å². The van der Waals surface area contributed by atoms with Gasteiger partial charge in [-0.1, -0.05) is 78.1 Å². The predicted octanol–water partition coefficient (Wildman–Crippen LogP) is 7.38. The van der Waals surface area contributed by atoms with Gasteiger partial charge in [-0.25, -0.2) is 0 Å². The Bertz CT molecular complexity index is 341. The van der Waals surface area contributed by atoms with Crippen molar-refractivity contribution < 1.29 is 4.74 Å². The van der Waals surface area contributed by atoms with Gasteiger partial charge in [-0.2, -0.15) is 0 Å². The first-order valence-corrected chi connectivity index (χ1v) is 11.9. The summed E-state index contributed by atoms with van der Waals surface area (Å²) in [6.07, 6.45) is 22.6. The smallest absolute Gasteiger partial charge is 0.0575 e. The van der Waals surface area contributed by atoms with Crippen LogP contribution < -0.4 is 0 Å². The van der Waals surface area contributed by atoms with Crippen LogP contribution in [0.25, 0.3) is 0 Å². The molecule has 146 valence electrons. The fourth-order valence-corrected chi connectivity index (χ4v) is 6.10. The van der Waals surface area contributed by atoms with E-state index in [1.807, 2.05) is 0 Å². The Morgan fingerprint density at radius 1 is 0.600 bits per heavy atom. The van der Waals surface area contributed by atoms with Gasteiger partial charge < -0.3 is 4.74 Å². The average Bonchev–Trinajstić information content (AvgIpc) is 2.68. The quantitative estimate of drug-likeness (QED) is 0.466. The third-order valence-electron chi connectivity index (χ3n) is 8.10. The molecule has 3 aliphatic rings. The second-order valence-corrected chi connectivity index (χ2v) is 9.73. The van der Waals surface area contributed by atoms with Crippen molar-refractivity contribution >= 4 is 0 Å². The number of hydrogen-bond donors (Lipinski definition) is 0. The third-order valence-corrected chi connectivity index (χ3v) is 8.10. The van der Waals surface area contributed by atoms with Gasteiger partial charge in [0.1, 0.15) is 0 Å². The molecule has 25 heavy (non-hydrogen) atoms. The van der Waals surface area contributed by atoms with Crippen molar-refractivity contribution in [3.63, 3.8) is 0 Å². The summed E-state index contributed by atoms with van der Waals surface area (Å²) >= 11 is 0. The molecule has 2 atom stereocenters. The molecule has 0 aromatic rings. The summed E-state index contributed by atoms with van der Waals surface area (Å²) < 4.78 is 6.16. The Morgan fingerprint density at radius 2 is 1.16 bits per heavy atom. The van der Waals surface area contributed by atoms with Crippen LogP contribution >= 0.6 is 0 Å². The molecule has 0 radical (unpaired) electrons. The molecule has 0 bridgehead atoms. The molecular formula is C24H44O. The van der Waals surface area contributed by atoms with Crippen LogP contribution in [0.2, 0.25) is 0 Å². The van der Waals surface area contributed by atoms with E-state index in [2.05, 4.69) is 13.8 Å². The number of hydrogen-bond acceptors (Lipinski definition) is 1. The number of ether oxygens (including phenoxy) is 1. The van der Waals surface area contributed by atoms with Gasteiger partial charge in [-0.15, -0.1) is 0 Å². The van der Waals surface area contributed by atoms with Crippen molar-refractivity contribution in [3.05, 3.63) is 0 Å². The van der Waals surface area contributed by atoms with E-state index in [-0.39, 0.29) is 0 Å². The molecule has 2 unspecified atom stereocenters. The molecule has 1 heterocycles. The highest BCUT2D eigenvalue weighted by Crippen LogP contribution is 2.41. The van der Waals surface area contributed by atoms with Crippen LogP contribution in [0.15, 0.2) is 0 Å². The van der Waals surface area contributed by atoms with E-state index in [9.17, 15) is 0 Å². The Balaban J connectivity index is 1.29. The van der Waals surface area contributed by atoms with Gasteiger partial charge in [-0.05, 0) is 61.7 Å². The van der Waals surface area contributed by atoms with E-state index in [1.165, 1.54) is 96.3 Å². The predicted molar refractivity (Wildman–Crippen MR) is 108 cm³/mol. The van der Waals surface area contributed by atoms with E-state index < -0.39 is 0 Å². The maximum Gasteiger partial charge on any atom is 0.0575 e. The molecule has 0 N–H and O–H groups in total. The molecule has 0 aromatic carbocycles. The lowest BCUT2D eigenvalue weighted by Gasteiger charge is -2.38. The van der Waals surface area contributed by atoms with Gasteiger partial charge in [0.25, 0.3) is 0 Å². The summed E-state index contributed by atoms with van der Waals surface area (Å²) in [5, 5.41) is 0. The molecule has 3 rings (SSSR count). The van der Waals surface area contributed by atoms with Crippen LogP contribution in [0.5, 0.6) is 0 Å². The van der Waals surface area contributed by atoms with Gasteiger partial charge in [0.2, 0.25) is 0 Å². The van der Waals surface area contributed by atoms with Gasteiger partial charge in [-0.3, -0.25) is 0 Å². The molecule has 0 spiro atoms. The van der Waals surface area contributed by atoms with E-state index in [4.69, 9.17) is 4.74 Å². The Hall–Kier alpha value is -0.0400. The summed E-state index contributed by atoms with van der Waals surface area (Å²) in [5.74, 6) is 5.05. The minimum absolute atomic E-state index is 0.584. The second-order valence-electron chi connectivity index (χ2n) is 9.73. The second kappa shape index (κ2) is 10.3. The van der Waals surface area contributed by atoms with Crippen molar-refractivity contribution in [1.29, 1.82) is 0 Å². The molecule has 3 fully saturated rings. The molecule has 2 saturated carbocycles. The summed E-state index contributed by atoms with van der Waals surface area (Å²) in [6.45, 7) is 5.73. The topological polar surface area (TPSA) is 9.23 Å². The van der Waals surface area contributed by atoms with E-state index >= 15 is 0 Å². The molecule has 1 aliphatic heterocycles. The first-order chi connectivity index (χ1) is 12.3. The van der Waals surface area contributed by atoms with Crippen molar-refractivity contribution in [2.45, 2.75) is 116 Å². The van der Waals surface area contributed by atoms with Crippen molar-refractivity contribution in [1.82, 2.24) is 0 Å². The largest absolute Gasteiger partial charge is 0.378 e. The van der Waals surface area contributed by atoms with Crippen LogP contribution in [0.4, 0.5) is 0 Å². The minimum atomic E-state index is 0.584. The van der Waals surface area contributed by atoms with Crippen LogP contribution in [0.1, 0.15) is 110 Å². The molecule has 1 saturated heterocycles. The summed E-state index contributed by atoms with van der Waals surface area (Å²) in [4.78, 5) is 0. The first-order valence-electron chi connectivity index (χ1n) is 11.9. The zero-order valence-electron chi connectivity index (χ0n) is 17.2. The van der Waals surface area contributed by atoms with Crippen LogP contribution in [0.3, 0.4) is 0 Å². The molecule has 1 heteroatoms. The summed E-state index contributed by atoms with van der Waals surface area (Å²) in [7, 11) is 0. The van der Waals surface area contributed by atoms with Gasteiger partial charge in [0.15, 0.2) is 0 Å². The highest BCUT2D eigenvalue weighted by molar-refractivity contribution is 4.82. The molecule has 2 aliphatic carbocycles. The molecular weight excluding hydrogens is 304 g/mol. The minimum Gasteiger partial charge on any atom is -0.378 e. The van der Waals surface area contributed by atoms with E-state index in [1.54, 1.807) is 0 Å². The monoisotopic (exact) mass is 348 g/mol. The van der Waals surface area contributed by atoms with Crippen LogP contribution in [-0.2, 0) is 4.74 Å². The standard InChI is InChI=1S/C24H44O/c1-3-5-24-17-16-23(18-25-24)22-14-12-21(13-15-22)11-10-20-8-6-19(4-2)7-9-20/h19-24H,3-18H2,1-2H3. The Labute approximate surface area is 157 Å². The average molecular weight is 349 g/mol. The lowest BCUT2D eigenvalue weighted by atomic mass is 9.71. The fraction of sp³-hybridized carbons (Fsp3) is 1.00. The van der Waals surface area contributed by atoms with Gasteiger partial charge in [0.05, 0.1) is 12.7 Å². The fourth-order valence-electron chi connectivity index (χ4n) is 6.10. The zero-order valence-corrected chi connectivity index (χ0v) is 17.2. The normalized spacial score (nSPS) is 40.1. The highest BCUT2D eigenvalue weighted by atomic mass is 16.5. The van der Waals surface area contributed by atoms with Crippen LogP contribution in [0, 0.1) is 29.6 Å². The molecule has 1 nitrogen and oxygen atoms in total. The summed E-state index contributed by atoms with van der Waals surface area (Å²) in [5.41, 5.74) is 0. The highest BCUT2D eigenvalue weighted by Gasteiger charge is 2.31. The maximum atomic E-state index is 6.16. The first kappa shape index (κ1) is 19.7. The lowest BCUT2D eigenvalue weighted by molar-refractivity contribution is -0.0423. The molecule has 0 amide bonds. The number of rotatable bonds is 7. The van der Waals surface area contributed by atoms with E-state index in [0.29, 0.717) is 6.10 Å². The SMILES string of the molecule is CCCC1CCC(C2CCC(CCC3CCC(CC)CC3)CC2)CO1. The Morgan fingerprint density at radius 3 is 1.68 bits per heavy atom. The van der Waals surface area contributed by atoms with Gasteiger partial charge >= 0.3 is 0 Å². The van der Waals surface area contributed by atoms with Crippen molar-refractivity contribution in [2.24, 2.45) is 29.6 Å². The molecule has 0 aromatic heterocycles. The van der Waals surface area contributed by atoms with Crippen molar-refractivity contribution in [3.8, 4) is 0 Å². The maximum absolute atomic E-state index is 6.16. The zero-order chi connectivity index (χ0) is 17.5. The summed E-state index contributed by atoms with van der Waals surface area (Å²) in [6, 6.07) is 0. The van der Waals surface area contributed by atoms with Crippen molar-refractivity contribution in [2.75, 3.05) is 6.61 Å². The van der Waals surface area contributed by atoms with Crippen LogP contribution in [-0.4, -0.2) is 12.7 Å². The Kier molecular flexibility index (Phi) is 8.15. The van der Waals surface area contributed by atoms with E-state index in [0.717, 1.165) is 36.2 Å². The lowest BCUT2D eigenvalue weighted by Crippen LogP contribution is -2.32.